The lowest BCUT2D eigenvalue weighted by Gasteiger charge is -2.06. The first-order chi connectivity index (χ1) is 8.90. The first-order valence-corrected chi connectivity index (χ1v) is 6.52. The van der Waals surface area contributed by atoms with E-state index in [-0.39, 0.29) is 20.6 Å². The van der Waals surface area contributed by atoms with Gasteiger partial charge in [0, 0.05) is 11.1 Å². The van der Waals surface area contributed by atoms with Crippen LogP contribution in [0, 0.1) is 18.6 Å². The number of hydrogen-bond donors (Lipinski definition) is 0. The van der Waals surface area contributed by atoms with Gasteiger partial charge in [-0.15, -0.1) is 0 Å². The molecule has 0 amide bonds. The molecule has 0 fully saturated rings. The highest BCUT2D eigenvalue weighted by atomic mass is 79.9. The summed E-state index contributed by atoms with van der Waals surface area (Å²) in [5.74, 6) is -1.47. The fraction of sp³-hybridized carbons (Fsp3) is 0.0714. The summed E-state index contributed by atoms with van der Waals surface area (Å²) in [6, 6.07) is 6.47. The van der Waals surface area contributed by atoms with Crippen molar-refractivity contribution in [3.8, 4) is 0 Å². The summed E-state index contributed by atoms with van der Waals surface area (Å²) in [7, 11) is 0. The lowest BCUT2D eigenvalue weighted by molar-refractivity contribution is 0.103. The predicted molar refractivity (Wildman–Crippen MR) is 73.7 cm³/mol. The van der Waals surface area contributed by atoms with Gasteiger partial charge >= 0.3 is 0 Å². The Morgan fingerprint density at radius 2 is 1.84 bits per heavy atom. The van der Waals surface area contributed by atoms with E-state index >= 15 is 0 Å². The van der Waals surface area contributed by atoms with Crippen molar-refractivity contribution in [1.29, 1.82) is 0 Å². The molecule has 2 aromatic rings. The molecule has 0 N–H and O–H groups in total. The van der Waals surface area contributed by atoms with E-state index in [0.717, 1.165) is 12.1 Å². The standard InChI is InChI=1S/C14H8BrClF2O/c1-7-4-9(11(16)6-12(7)17)14(19)8-2-3-10(15)13(18)5-8/h2-6H,1H3. The molecule has 0 radical (unpaired) electrons. The van der Waals surface area contributed by atoms with Crippen LogP contribution >= 0.6 is 27.5 Å². The van der Waals surface area contributed by atoms with E-state index in [2.05, 4.69) is 15.9 Å². The van der Waals surface area contributed by atoms with Crippen molar-refractivity contribution in [2.24, 2.45) is 0 Å². The summed E-state index contributed by atoms with van der Waals surface area (Å²) >= 11 is 8.86. The molecule has 0 saturated carbocycles. The Hall–Kier alpha value is -1.26. The molecule has 2 rings (SSSR count). The predicted octanol–water partition coefficient (Wildman–Crippen LogP) is 4.92. The minimum absolute atomic E-state index is 0.0106. The number of carbonyl (C=O) groups is 1. The van der Waals surface area contributed by atoms with Crippen LogP contribution < -0.4 is 0 Å². The van der Waals surface area contributed by atoms with E-state index in [1.54, 1.807) is 0 Å². The molecular weight excluding hydrogens is 338 g/mol. The van der Waals surface area contributed by atoms with Gasteiger partial charge in [-0.05, 0) is 58.7 Å². The van der Waals surface area contributed by atoms with E-state index < -0.39 is 17.4 Å². The lowest BCUT2D eigenvalue weighted by atomic mass is 10.0. The molecule has 0 spiro atoms. The zero-order valence-electron chi connectivity index (χ0n) is 9.81. The number of aryl methyl sites for hydroxylation is 1. The quantitative estimate of drug-likeness (QED) is 0.706. The minimum Gasteiger partial charge on any atom is -0.289 e. The van der Waals surface area contributed by atoms with Gasteiger partial charge in [0.25, 0.3) is 0 Å². The number of hydrogen-bond acceptors (Lipinski definition) is 1. The van der Waals surface area contributed by atoms with Crippen molar-refractivity contribution in [3.05, 3.63) is 68.2 Å². The molecule has 0 aromatic heterocycles. The molecule has 1 nitrogen and oxygen atoms in total. The SMILES string of the molecule is Cc1cc(C(=O)c2ccc(Br)c(F)c2)c(Cl)cc1F. The van der Waals surface area contributed by atoms with Crippen LogP contribution in [-0.4, -0.2) is 5.78 Å². The Morgan fingerprint density at radius 3 is 2.47 bits per heavy atom. The average molecular weight is 346 g/mol. The highest BCUT2D eigenvalue weighted by molar-refractivity contribution is 9.10. The second kappa shape index (κ2) is 5.39. The zero-order valence-corrected chi connectivity index (χ0v) is 12.1. The number of halogens is 4. The van der Waals surface area contributed by atoms with Crippen LogP contribution in [0.25, 0.3) is 0 Å². The zero-order chi connectivity index (χ0) is 14.2. The van der Waals surface area contributed by atoms with Crippen LogP contribution in [0.4, 0.5) is 8.78 Å². The van der Waals surface area contributed by atoms with Gasteiger partial charge in [0.2, 0.25) is 0 Å². The van der Waals surface area contributed by atoms with Gasteiger partial charge < -0.3 is 0 Å². The van der Waals surface area contributed by atoms with Crippen molar-refractivity contribution in [2.45, 2.75) is 6.92 Å². The van der Waals surface area contributed by atoms with Crippen molar-refractivity contribution in [3.63, 3.8) is 0 Å². The van der Waals surface area contributed by atoms with Crippen molar-refractivity contribution in [1.82, 2.24) is 0 Å². The maximum absolute atomic E-state index is 13.4. The summed E-state index contributed by atoms with van der Waals surface area (Å²) < 4.78 is 27.0. The van der Waals surface area contributed by atoms with E-state index in [1.807, 2.05) is 0 Å². The Labute approximate surface area is 122 Å². The third kappa shape index (κ3) is 2.85. The summed E-state index contributed by atoms with van der Waals surface area (Å²) in [4.78, 5) is 12.2. The highest BCUT2D eigenvalue weighted by Crippen LogP contribution is 2.24. The van der Waals surface area contributed by atoms with Crippen LogP contribution in [0.1, 0.15) is 21.5 Å². The first kappa shape index (κ1) is 14.2. The Morgan fingerprint density at radius 1 is 1.16 bits per heavy atom. The first-order valence-electron chi connectivity index (χ1n) is 5.35. The molecular formula is C14H8BrClF2O. The molecule has 98 valence electrons. The summed E-state index contributed by atoms with van der Waals surface area (Å²) in [6.07, 6.45) is 0. The molecule has 2 aromatic carbocycles. The minimum atomic E-state index is -0.541. The van der Waals surface area contributed by atoms with E-state index in [0.29, 0.717) is 5.56 Å². The van der Waals surface area contributed by atoms with Crippen LogP contribution in [-0.2, 0) is 0 Å². The molecule has 0 bridgehead atoms. The summed E-state index contributed by atoms with van der Waals surface area (Å²) in [5.41, 5.74) is 0.626. The van der Waals surface area contributed by atoms with Crippen molar-refractivity contribution >= 4 is 33.3 Å². The molecule has 0 heterocycles. The van der Waals surface area contributed by atoms with E-state index in [1.165, 1.54) is 25.1 Å². The van der Waals surface area contributed by atoms with Crippen molar-refractivity contribution in [2.75, 3.05) is 0 Å². The maximum atomic E-state index is 13.4. The smallest absolute Gasteiger partial charge is 0.194 e. The van der Waals surface area contributed by atoms with Gasteiger partial charge in [0.15, 0.2) is 5.78 Å². The van der Waals surface area contributed by atoms with Crippen LogP contribution in [0.2, 0.25) is 5.02 Å². The monoisotopic (exact) mass is 344 g/mol. The Balaban J connectivity index is 2.49. The summed E-state index contributed by atoms with van der Waals surface area (Å²) in [5, 5.41) is 0.0106. The molecule has 0 aliphatic carbocycles. The average Bonchev–Trinajstić information content (AvgIpc) is 2.36. The number of carbonyl (C=O) groups excluding carboxylic acids is 1. The van der Waals surface area contributed by atoms with Gasteiger partial charge in [0.05, 0.1) is 9.50 Å². The lowest BCUT2D eigenvalue weighted by Crippen LogP contribution is -2.04. The van der Waals surface area contributed by atoms with E-state index in [4.69, 9.17) is 11.6 Å². The molecule has 5 heteroatoms. The summed E-state index contributed by atoms with van der Waals surface area (Å²) in [6.45, 7) is 1.53. The topological polar surface area (TPSA) is 17.1 Å². The fourth-order valence-corrected chi connectivity index (χ4v) is 2.11. The number of ketones is 1. The molecule has 0 atom stereocenters. The van der Waals surface area contributed by atoms with Crippen LogP contribution in [0.5, 0.6) is 0 Å². The third-order valence-corrected chi connectivity index (χ3v) is 3.63. The second-order valence-electron chi connectivity index (χ2n) is 4.04. The van der Waals surface area contributed by atoms with Crippen molar-refractivity contribution < 1.29 is 13.6 Å². The largest absolute Gasteiger partial charge is 0.289 e. The van der Waals surface area contributed by atoms with Gasteiger partial charge in [0.1, 0.15) is 11.6 Å². The van der Waals surface area contributed by atoms with Gasteiger partial charge in [-0.2, -0.15) is 0 Å². The normalized spacial score (nSPS) is 10.6. The fourth-order valence-electron chi connectivity index (χ4n) is 1.62. The number of benzene rings is 2. The van der Waals surface area contributed by atoms with Gasteiger partial charge in [-0.25, -0.2) is 8.78 Å². The van der Waals surface area contributed by atoms with Crippen LogP contribution in [0.3, 0.4) is 0 Å². The maximum Gasteiger partial charge on any atom is 0.194 e. The number of rotatable bonds is 2. The van der Waals surface area contributed by atoms with Crippen LogP contribution in [0.15, 0.2) is 34.8 Å². The van der Waals surface area contributed by atoms with Gasteiger partial charge in [-0.1, -0.05) is 11.6 Å². The Bertz CT molecular complexity index is 671. The van der Waals surface area contributed by atoms with Gasteiger partial charge in [-0.3, -0.25) is 4.79 Å². The highest BCUT2D eigenvalue weighted by Gasteiger charge is 2.16. The third-order valence-electron chi connectivity index (χ3n) is 2.67. The molecule has 19 heavy (non-hydrogen) atoms. The Kier molecular flexibility index (Phi) is 4.02. The molecule has 0 aliphatic heterocycles. The van der Waals surface area contributed by atoms with E-state index in [9.17, 15) is 13.6 Å². The molecule has 0 unspecified atom stereocenters. The molecule has 0 saturated heterocycles. The second-order valence-corrected chi connectivity index (χ2v) is 5.30. The molecule has 0 aliphatic rings.